The van der Waals surface area contributed by atoms with Crippen LogP contribution in [0, 0.1) is 12.3 Å². The van der Waals surface area contributed by atoms with Crippen molar-refractivity contribution in [2.75, 3.05) is 12.4 Å². The molecule has 2 atom stereocenters. The second-order valence-electron chi connectivity index (χ2n) is 5.92. The minimum Gasteiger partial charge on any atom is -0.364 e. The molecule has 0 saturated carbocycles. The highest BCUT2D eigenvalue weighted by atomic mass is 32.2. The van der Waals surface area contributed by atoms with Crippen LogP contribution >= 0.6 is 0 Å². The van der Waals surface area contributed by atoms with Gasteiger partial charge < -0.3 is 9.84 Å². The van der Waals surface area contributed by atoms with E-state index >= 15 is 0 Å². The number of ether oxygens (including phenoxy) is 1. The van der Waals surface area contributed by atoms with E-state index in [9.17, 15) is 9.32 Å². The highest BCUT2D eigenvalue weighted by Gasteiger charge is 2.48. The molecule has 1 aromatic carbocycles. The Morgan fingerprint density at radius 3 is 2.53 bits per heavy atom. The third kappa shape index (κ3) is 3.07. The van der Waals surface area contributed by atoms with Gasteiger partial charge in [-0.1, -0.05) is 31.5 Å². The zero-order chi connectivity index (χ0) is 14.1. The third-order valence-corrected chi connectivity index (χ3v) is 5.41. The lowest BCUT2D eigenvalue weighted by Crippen LogP contribution is -2.54. The minimum absolute atomic E-state index is 0.128. The van der Waals surface area contributed by atoms with E-state index in [1.54, 1.807) is 0 Å². The average molecular weight is 282 g/mol. The molecule has 1 aliphatic heterocycles. The average Bonchev–Trinajstić information content (AvgIpc) is 2.34. The summed E-state index contributed by atoms with van der Waals surface area (Å²) in [4.78, 5) is 0.740. The fourth-order valence-corrected chi connectivity index (χ4v) is 3.77. The van der Waals surface area contributed by atoms with Gasteiger partial charge in [0.05, 0.1) is 23.2 Å². The molecular weight excluding hydrogens is 260 g/mol. The van der Waals surface area contributed by atoms with Gasteiger partial charge in [0.2, 0.25) is 0 Å². The van der Waals surface area contributed by atoms with Crippen LogP contribution in [0.3, 0.4) is 0 Å². The standard InChI is InChI=1S/C15H22O3S/c1-12-5-7-13(8-6-12)19(17)11-15(16)14(2,3)9-4-10-18-15/h5-8,16H,4,9-11H2,1-3H3/t15?,19-/m1/s1. The van der Waals surface area contributed by atoms with Crippen molar-refractivity contribution in [3.05, 3.63) is 29.8 Å². The van der Waals surface area contributed by atoms with Crippen LogP contribution < -0.4 is 0 Å². The lowest BCUT2D eigenvalue weighted by molar-refractivity contribution is -0.271. The van der Waals surface area contributed by atoms with E-state index in [-0.39, 0.29) is 11.2 Å². The first-order valence-electron chi connectivity index (χ1n) is 6.65. The zero-order valence-electron chi connectivity index (χ0n) is 11.8. The summed E-state index contributed by atoms with van der Waals surface area (Å²) in [6.07, 6.45) is 1.82. The molecule has 0 radical (unpaired) electrons. The fourth-order valence-electron chi connectivity index (χ4n) is 2.33. The molecule has 0 aliphatic carbocycles. The van der Waals surface area contributed by atoms with Crippen LogP contribution in [0.1, 0.15) is 32.3 Å². The van der Waals surface area contributed by atoms with Crippen molar-refractivity contribution < 1.29 is 14.1 Å². The summed E-state index contributed by atoms with van der Waals surface area (Å²) in [5.74, 6) is -1.18. The van der Waals surface area contributed by atoms with Crippen LogP contribution in [-0.2, 0) is 15.5 Å². The van der Waals surface area contributed by atoms with Gasteiger partial charge in [-0.2, -0.15) is 0 Å². The molecule has 1 fully saturated rings. The molecule has 0 bridgehead atoms. The van der Waals surface area contributed by atoms with Crippen molar-refractivity contribution in [1.82, 2.24) is 0 Å². The van der Waals surface area contributed by atoms with Gasteiger partial charge in [-0.25, -0.2) is 0 Å². The number of aliphatic hydroxyl groups is 1. The summed E-state index contributed by atoms with van der Waals surface area (Å²) >= 11 is 0. The van der Waals surface area contributed by atoms with E-state index in [4.69, 9.17) is 4.74 Å². The van der Waals surface area contributed by atoms with E-state index < -0.39 is 16.6 Å². The van der Waals surface area contributed by atoms with Gasteiger partial charge in [0.15, 0.2) is 5.79 Å². The van der Waals surface area contributed by atoms with Crippen molar-refractivity contribution >= 4 is 10.8 Å². The zero-order valence-corrected chi connectivity index (χ0v) is 12.6. The Bertz CT molecular complexity index is 467. The predicted octanol–water partition coefficient (Wildman–Crippen LogP) is 2.63. The molecule has 1 heterocycles. The molecule has 1 aliphatic rings. The molecule has 3 nitrogen and oxygen atoms in total. The van der Waals surface area contributed by atoms with E-state index in [1.807, 2.05) is 45.0 Å². The molecule has 19 heavy (non-hydrogen) atoms. The second-order valence-corrected chi connectivity index (χ2v) is 7.37. The first kappa shape index (κ1) is 14.7. The highest BCUT2D eigenvalue weighted by molar-refractivity contribution is 7.85. The number of benzene rings is 1. The van der Waals surface area contributed by atoms with Crippen LogP contribution in [0.2, 0.25) is 0 Å². The van der Waals surface area contributed by atoms with Crippen molar-refractivity contribution in [3.63, 3.8) is 0 Å². The van der Waals surface area contributed by atoms with Crippen LogP contribution in [0.25, 0.3) is 0 Å². The Labute approximate surface area is 117 Å². The van der Waals surface area contributed by atoms with Gasteiger partial charge in [0.1, 0.15) is 0 Å². The summed E-state index contributed by atoms with van der Waals surface area (Å²) < 4.78 is 17.9. The Morgan fingerprint density at radius 2 is 1.95 bits per heavy atom. The molecule has 0 spiro atoms. The molecule has 0 amide bonds. The monoisotopic (exact) mass is 282 g/mol. The van der Waals surface area contributed by atoms with Crippen molar-refractivity contribution in [2.45, 2.75) is 44.3 Å². The first-order chi connectivity index (χ1) is 8.84. The number of hydrogen-bond acceptors (Lipinski definition) is 3. The van der Waals surface area contributed by atoms with Gasteiger partial charge >= 0.3 is 0 Å². The Morgan fingerprint density at radius 1 is 1.32 bits per heavy atom. The van der Waals surface area contributed by atoms with Gasteiger partial charge in [0.25, 0.3) is 0 Å². The van der Waals surface area contributed by atoms with Crippen molar-refractivity contribution in [3.8, 4) is 0 Å². The van der Waals surface area contributed by atoms with Crippen LogP contribution in [0.4, 0.5) is 0 Å². The van der Waals surface area contributed by atoms with Crippen molar-refractivity contribution in [2.24, 2.45) is 5.41 Å². The van der Waals surface area contributed by atoms with Gasteiger partial charge in [-0.05, 0) is 31.9 Å². The lowest BCUT2D eigenvalue weighted by atomic mass is 9.78. The molecule has 0 aromatic heterocycles. The first-order valence-corrected chi connectivity index (χ1v) is 7.97. The molecule has 2 rings (SSSR count). The van der Waals surface area contributed by atoms with E-state index in [0.717, 1.165) is 23.3 Å². The van der Waals surface area contributed by atoms with Crippen LogP contribution in [0.5, 0.6) is 0 Å². The van der Waals surface area contributed by atoms with Crippen molar-refractivity contribution in [1.29, 1.82) is 0 Å². The molecule has 4 heteroatoms. The maximum absolute atomic E-state index is 12.4. The molecule has 106 valence electrons. The summed E-state index contributed by atoms with van der Waals surface area (Å²) in [5, 5.41) is 10.7. The van der Waals surface area contributed by atoms with Crippen LogP contribution in [-0.4, -0.2) is 27.5 Å². The fraction of sp³-hybridized carbons (Fsp3) is 0.600. The second kappa shape index (κ2) is 5.35. The summed E-state index contributed by atoms with van der Waals surface area (Å²) in [6.45, 7) is 6.47. The number of hydrogen-bond donors (Lipinski definition) is 1. The summed E-state index contributed by atoms with van der Waals surface area (Å²) in [5.41, 5.74) is 0.764. The SMILES string of the molecule is Cc1ccc([S@](=O)CC2(O)OCCCC2(C)C)cc1. The maximum Gasteiger partial charge on any atom is 0.182 e. The van der Waals surface area contributed by atoms with E-state index in [1.165, 1.54) is 0 Å². The predicted molar refractivity (Wildman–Crippen MR) is 76.4 cm³/mol. The number of rotatable bonds is 3. The molecule has 1 N–H and O–H groups in total. The maximum atomic E-state index is 12.4. The molecular formula is C15H22O3S. The Balaban J connectivity index is 2.15. The normalized spacial score (nSPS) is 28.0. The quantitative estimate of drug-likeness (QED) is 0.927. The van der Waals surface area contributed by atoms with Gasteiger partial charge in [-0.15, -0.1) is 0 Å². The summed E-state index contributed by atoms with van der Waals surface area (Å²) in [6, 6.07) is 7.57. The van der Waals surface area contributed by atoms with Crippen LogP contribution in [0.15, 0.2) is 29.2 Å². The van der Waals surface area contributed by atoms with E-state index in [2.05, 4.69) is 0 Å². The highest BCUT2D eigenvalue weighted by Crippen LogP contribution is 2.41. The smallest absolute Gasteiger partial charge is 0.182 e. The largest absolute Gasteiger partial charge is 0.364 e. The summed E-state index contributed by atoms with van der Waals surface area (Å²) in [7, 11) is -1.25. The third-order valence-electron chi connectivity index (χ3n) is 3.96. The van der Waals surface area contributed by atoms with Gasteiger partial charge in [-0.3, -0.25) is 4.21 Å². The molecule has 1 aromatic rings. The number of aryl methyl sites for hydroxylation is 1. The topological polar surface area (TPSA) is 46.5 Å². The van der Waals surface area contributed by atoms with E-state index in [0.29, 0.717) is 6.61 Å². The minimum atomic E-state index is -1.30. The Kier molecular flexibility index (Phi) is 4.14. The Hall–Kier alpha value is -0.710. The lowest BCUT2D eigenvalue weighted by Gasteiger charge is -2.45. The molecule has 1 saturated heterocycles. The molecule has 1 unspecified atom stereocenters. The van der Waals surface area contributed by atoms with Gasteiger partial charge in [0, 0.05) is 10.3 Å².